The summed E-state index contributed by atoms with van der Waals surface area (Å²) in [5.74, 6) is -0.280. The van der Waals surface area contributed by atoms with Gasteiger partial charge in [0, 0.05) is 16.7 Å². The maximum absolute atomic E-state index is 11.1. The molecule has 2 aromatic rings. The van der Waals surface area contributed by atoms with Gasteiger partial charge in [-0.1, -0.05) is 11.6 Å². The van der Waals surface area contributed by atoms with Crippen molar-refractivity contribution < 1.29 is 14.5 Å². The number of primary amides is 1. The van der Waals surface area contributed by atoms with E-state index in [-0.39, 0.29) is 17.0 Å². The van der Waals surface area contributed by atoms with Gasteiger partial charge in [0.25, 0.3) is 0 Å². The zero-order valence-corrected chi connectivity index (χ0v) is 11.8. The average molecular weight is 307 g/mol. The predicted octanol–water partition coefficient (Wildman–Crippen LogP) is 3.45. The molecule has 1 amide bonds. The highest BCUT2D eigenvalue weighted by Crippen LogP contribution is 2.34. The van der Waals surface area contributed by atoms with Gasteiger partial charge in [0.15, 0.2) is 0 Å². The Morgan fingerprint density at radius 2 is 1.90 bits per heavy atom. The number of hydrogen-bond donors (Lipinski definition) is 1. The summed E-state index contributed by atoms with van der Waals surface area (Å²) in [5.41, 5.74) is 5.55. The Morgan fingerprint density at radius 1 is 1.24 bits per heavy atom. The molecule has 7 heteroatoms. The summed E-state index contributed by atoms with van der Waals surface area (Å²) in [6.45, 7) is 1.77. The van der Waals surface area contributed by atoms with Crippen LogP contribution < -0.4 is 10.5 Å². The number of amides is 1. The van der Waals surface area contributed by atoms with Gasteiger partial charge in [-0.15, -0.1) is 0 Å². The van der Waals surface area contributed by atoms with E-state index in [9.17, 15) is 14.9 Å². The molecule has 0 fully saturated rings. The van der Waals surface area contributed by atoms with Gasteiger partial charge in [-0.3, -0.25) is 14.9 Å². The van der Waals surface area contributed by atoms with E-state index in [0.717, 1.165) is 11.6 Å². The van der Waals surface area contributed by atoms with Crippen LogP contribution in [0.15, 0.2) is 36.4 Å². The van der Waals surface area contributed by atoms with E-state index >= 15 is 0 Å². The fourth-order valence-electron chi connectivity index (χ4n) is 1.75. The van der Waals surface area contributed by atoms with Gasteiger partial charge in [0.2, 0.25) is 11.7 Å². The molecule has 0 aromatic heterocycles. The minimum atomic E-state index is -0.743. The molecular weight excluding hydrogens is 296 g/mol. The van der Waals surface area contributed by atoms with Gasteiger partial charge in [-0.05, 0) is 42.8 Å². The molecule has 0 spiro atoms. The van der Waals surface area contributed by atoms with Crippen molar-refractivity contribution in [1.82, 2.24) is 0 Å². The Labute approximate surface area is 125 Å². The standard InChI is InChI=1S/C14H11ClN2O4/c1-8-6-10(15)3-5-12(8)21-13-4-2-9(14(16)18)7-11(13)17(19)20/h2-7H,1H3,(H2,16,18). The zero-order chi connectivity index (χ0) is 15.6. The molecule has 0 radical (unpaired) electrons. The molecule has 0 atom stereocenters. The number of nitrogens with two attached hydrogens (primary N) is 1. The minimum absolute atomic E-state index is 0.0235. The summed E-state index contributed by atoms with van der Waals surface area (Å²) >= 11 is 5.84. The van der Waals surface area contributed by atoms with E-state index in [1.165, 1.54) is 12.1 Å². The van der Waals surface area contributed by atoms with Crippen LogP contribution in [0.3, 0.4) is 0 Å². The SMILES string of the molecule is Cc1cc(Cl)ccc1Oc1ccc(C(N)=O)cc1[N+](=O)[O-]. The number of carbonyl (C=O) groups is 1. The van der Waals surface area contributed by atoms with E-state index in [0.29, 0.717) is 10.8 Å². The van der Waals surface area contributed by atoms with Crippen LogP contribution in [0, 0.1) is 17.0 Å². The van der Waals surface area contributed by atoms with Gasteiger partial charge in [-0.25, -0.2) is 0 Å². The lowest BCUT2D eigenvalue weighted by molar-refractivity contribution is -0.385. The van der Waals surface area contributed by atoms with Crippen LogP contribution in [-0.2, 0) is 0 Å². The summed E-state index contributed by atoms with van der Waals surface area (Å²) in [6, 6.07) is 8.71. The fraction of sp³-hybridized carbons (Fsp3) is 0.0714. The highest BCUT2D eigenvalue weighted by Gasteiger charge is 2.19. The number of halogens is 1. The maximum atomic E-state index is 11.1. The van der Waals surface area contributed by atoms with Crippen LogP contribution >= 0.6 is 11.6 Å². The van der Waals surface area contributed by atoms with Crippen LogP contribution in [0.5, 0.6) is 11.5 Å². The third-order valence-corrected chi connectivity index (χ3v) is 3.03. The van der Waals surface area contributed by atoms with Crippen molar-refractivity contribution in [3.63, 3.8) is 0 Å². The molecule has 6 nitrogen and oxygen atoms in total. The van der Waals surface area contributed by atoms with Gasteiger partial charge in [0.1, 0.15) is 5.75 Å². The Morgan fingerprint density at radius 3 is 2.48 bits per heavy atom. The first-order valence-electron chi connectivity index (χ1n) is 5.90. The van der Waals surface area contributed by atoms with Crippen LogP contribution in [0.2, 0.25) is 5.02 Å². The molecule has 0 aliphatic heterocycles. The molecule has 0 aliphatic rings. The number of nitrogens with zero attached hydrogens (tertiary/aromatic N) is 1. The molecule has 0 bridgehead atoms. The van der Waals surface area contributed by atoms with Crippen molar-refractivity contribution in [3.8, 4) is 11.5 Å². The summed E-state index contributed by atoms with van der Waals surface area (Å²) in [7, 11) is 0. The Kier molecular flexibility index (Phi) is 4.09. The molecule has 2 aromatic carbocycles. The van der Waals surface area contributed by atoms with Crippen molar-refractivity contribution >= 4 is 23.2 Å². The lowest BCUT2D eigenvalue weighted by Gasteiger charge is -2.09. The summed E-state index contributed by atoms with van der Waals surface area (Å²) in [4.78, 5) is 21.5. The molecule has 0 saturated carbocycles. The van der Waals surface area contributed by atoms with E-state index in [1.54, 1.807) is 25.1 Å². The average Bonchev–Trinajstić information content (AvgIpc) is 2.41. The number of aryl methyl sites for hydroxylation is 1. The van der Waals surface area contributed by atoms with Crippen molar-refractivity contribution in [1.29, 1.82) is 0 Å². The molecule has 2 rings (SSSR count). The number of ether oxygens (including phenoxy) is 1. The predicted molar refractivity (Wildman–Crippen MR) is 77.9 cm³/mol. The van der Waals surface area contributed by atoms with E-state index in [4.69, 9.17) is 22.1 Å². The first-order valence-corrected chi connectivity index (χ1v) is 6.28. The van der Waals surface area contributed by atoms with Crippen LogP contribution in [0.4, 0.5) is 5.69 Å². The van der Waals surface area contributed by atoms with Crippen molar-refractivity contribution in [3.05, 3.63) is 62.7 Å². The number of rotatable bonds is 4. The highest BCUT2D eigenvalue weighted by atomic mass is 35.5. The van der Waals surface area contributed by atoms with Crippen LogP contribution in [0.1, 0.15) is 15.9 Å². The second-order valence-corrected chi connectivity index (χ2v) is 4.75. The summed E-state index contributed by atoms with van der Waals surface area (Å²) in [5, 5.41) is 11.6. The first kappa shape index (κ1) is 14.8. The van der Waals surface area contributed by atoms with Crippen molar-refractivity contribution in [2.24, 2.45) is 5.73 Å². The number of nitro groups is 1. The lowest BCUT2D eigenvalue weighted by Crippen LogP contribution is -2.11. The molecule has 21 heavy (non-hydrogen) atoms. The maximum Gasteiger partial charge on any atom is 0.312 e. The highest BCUT2D eigenvalue weighted by molar-refractivity contribution is 6.30. The third-order valence-electron chi connectivity index (χ3n) is 2.80. The molecule has 0 heterocycles. The lowest BCUT2D eigenvalue weighted by atomic mass is 10.1. The summed E-state index contributed by atoms with van der Waals surface area (Å²) in [6.07, 6.45) is 0. The van der Waals surface area contributed by atoms with Crippen LogP contribution in [-0.4, -0.2) is 10.8 Å². The zero-order valence-electron chi connectivity index (χ0n) is 11.0. The Hall–Kier alpha value is -2.60. The largest absolute Gasteiger partial charge is 0.450 e. The van der Waals surface area contributed by atoms with E-state index in [1.807, 2.05) is 0 Å². The number of nitro benzene ring substituents is 1. The van der Waals surface area contributed by atoms with E-state index in [2.05, 4.69) is 0 Å². The third kappa shape index (κ3) is 3.29. The smallest absolute Gasteiger partial charge is 0.312 e. The second kappa shape index (κ2) is 5.80. The molecule has 0 saturated heterocycles. The molecular formula is C14H11ClN2O4. The first-order chi connectivity index (χ1) is 9.88. The van der Waals surface area contributed by atoms with Crippen molar-refractivity contribution in [2.75, 3.05) is 0 Å². The number of carbonyl (C=O) groups excluding carboxylic acids is 1. The normalized spacial score (nSPS) is 10.2. The van der Waals surface area contributed by atoms with Gasteiger partial charge < -0.3 is 10.5 Å². The van der Waals surface area contributed by atoms with Gasteiger partial charge in [-0.2, -0.15) is 0 Å². The van der Waals surface area contributed by atoms with Crippen molar-refractivity contribution in [2.45, 2.75) is 6.92 Å². The molecule has 0 aliphatic carbocycles. The minimum Gasteiger partial charge on any atom is -0.450 e. The quantitative estimate of drug-likeness (QED) is 0.691. The number of benzene rings is 2. The Bertz CT molecular complexity index is 731. The number of hydrogen-bond acceptors (Lipinski definition) is 4. The van der Waals surface area contributed by atoms with Crippen LogP contribution in [0.25, 0.3) is 0 Å². The molecule has 108 valence electrons. The summed E-state index contributed by atoms with van der Waals surface area (Å²) < 4.78 is 5.54. The monoisotopic (exact) mass is 306 g/mol. The second-order valence-electron chi connectivity index (χ2n) is 4.32. The topological polar surface area (TPSA) is 95.5 Å². The molecule has 2 N–H and O–H groups in total. The molecule has 0 unspecified atom stereocenters. The van der Waals surface area contributed by atoms with Gasteiger partial charge in [0.05, 0.1) is 4.92 Å². The van der Waals surface area contributed by atoms with E-state index < -0.39 is 10.8 Å². The Balaban J connectivity index is 2.44. The fourth-order valence-corrected chi connectivity index (χ4v) is 1.97. The van der Waals surface area contributed by atoms with Gasteiger partial charge >= 0.3 is 5.69 Å².